The number of carbonyl (C=O) groups is 1. The second-order valence-electron chi connectivity index (χ2n) is 2.93. The minimum absolute atomic E-state index is 0.167. The molecule has 2 rings (SSSR count). The Labute approximate surface area is 78.8 Å². The van der Waals surface area contributed by atoms with E-state index < -0.39 is 5.97 Å². The molecule has 1 saturated carbocycles. The summed E-state index contributed by atoms with van der Waals surface area (Å²) in [5.41, 5.74) is 0. The molecule has 1 aromatic heterocycles. The molecule has 1 aliphatic rings. The van der Waals surface area contributed by atoms with Gasteiger partial charge < -0.3 is 5.11 Å². The van der Waals surface area contributed by atoms with Crippen molar-refractivity contribution in [2.75, 3.05) is 0 Å². The summed E-state index contributed by atoms with van der Waals surface area (Å²) in [5, 5.41) is 8.66. The van der Waals surface area contributed by atoms with E-state index in [-0.39, 0.29) is 11.8 Å². The largest absolute Gasteiger partial charge is 0.481 e. The van der Waals surface area contributed by atoms with Gasteiger partial charge in [0.05, 0.1) is 10.3 Å². The topological polar surface area (TPSA) is 37.3 Å². The Morgan fingerprint density at radius 2 is 2.42 bits per heavy atom. The van der Waals surface area contributed by atoms with Gasteiger partial charge in [0.2, 0.25) is 0 Å². The van der Waals surface area contributed by atoms with E-state index in [9.17, 15) is 4.79 Å². The Balaban J connectivity index is 2.10. The SMILES string of the molecule is O=C(O)[C@H]1C[C@H]1c1ccc(Cl)s1. The van der Waals surface area contributed by atoms with Gasteiger partial charge in [-0.25, -0.2) is 0 Å². The first-order valence-corrected chi connectivity index (χ1v) is 4.86. The number of halogens is 1. The van der Waals surface area contributed by atoms with Gasteiger partial charge in [-0.2, -0.15) is 0 Å². The van der Waals surface area contributed by atoms with Crippen LogP contribution in [-0.2, 0) is 4.79 Å². The van der Waals surface area contributed by atoms with E-state index in [0.717, 1.165) is 15.6 Å². The van der Waals surface area contributed by atoms with Crippen LogP contribution in [0.25, 0.3) is 0 Å². The van der Waals surface area contributed by atoms with Gasteiger partial charge in [-0.15, -0.1) is 11.3 Å². The normalized spacial score (nSPS) is 27.1. The summed E-state index contributed by atoms with van der Waals surface area (Å²) in [5.74, 6) is -0.635. The second-order valence-corrected chi connectivity index (χ2v) is 4.68. The highest BCUT2D eigenvalue weighted by molar-refractivity contribution is 7.16. The number of thiophene rings is 1. The number of hydrogen-bond donors (Lipinski definition) is 1. The number of aliphatic carboxylic acids is 1. The van der Waals surface area contributed by atoms with Crippen LogP contribution in [0.15, 0.2) is 12.1 Å². The third-order valence-corrected chi connectivity index (χ3v) is 3.43. The van der Waals surface area contributed by atoms with Gasteiger partial charge in [-0.05, 0) is 18.6 Å². The Kier molecular flexibility index (Phi) is 1.85. The molecule has 2 atom stereocenters. The van der Waals surface area contributed by atoms with E-state index in [1.54, 1.807) is 0 Å². The fourth-order valence-electron chi connectivity index (χ4n) is 1.31. The molecule has 0 saturated heterocycles. The maximum atomic E-state index is 10.5. The molecule has 0 spiro atoms. The van der Waals surface area contributed by atoms with Crippen molar-refractivity contribution in [3.05, 3.63) is 21.3 Å². The lowest BCUT2D eigenvalue weighted by atomic mass is 10.3. The molecule has 0 aliphatic heterocycles. The molecule has 0 bridgehead atoms. The zero-order valence-corrected chi connectivity index (χ0v) is 7.73. The average Bonchev–Trinajstić information content (AvgIpc) is 2.70. The van der Waals surface area contributed by atoms with Gasteiger partial charge in [-0.1, -0.05) is 11.6 Å². The third-order valence-electron chi connectivity index (χ3n) is 2.07. The fraction of sp³-hybridized carbons (Fsp3) is 0.375. The first kappa shape index (κ1) is 8.08. The highest BCUT2D eigenvalue weighted by Gasteiger charge is 2.44. The van der Waals surface area contributed by atoms with Crippen molar-refractivity contribution in [2.45, 2.75) is 12.3 Å². The van der Waals surface area contributed by atoms with Crippen molar-refractivity contribution < 1.29 is 9.90 Å². The minimum atomic E-state index is -0.690. The standard InChI is InChI=1S/C8H7ClO2S/c9-7-2-1-6(12-7)4-3-5(4)8(10)11/h1-2,4-5H,3H2,(H,10,11)/t4-,5+/m1/s1. The smallest absolute Gasteiger partial charge is 0.307 e. The van der Waals surface area contributed by atoms with Gasteiger partial charge in [0.15, 0.2) is 0 Å². The van der Waals surface area contributed by atoms with Crippen LogP contribution >= 0.6 is 22.9 Å². The molecular weight excluding hydrogens is 196 g/mol. The monoisotopic (exact) mass is 202 g/mol. The molecule has 0 amide bonds. The molecule has 1 N–H and O–H groups in total. The maximum Gasteiger partial charge on any atom is 0.307 e. The Hall–Kier alpha value is -0.540. The minimum Gasteiger partial charge on any atom is -0.481 e. The van der Waals surface area contributed by atoms with Crippen LogP contribution in [-0.4, -0.2) is 11.1 Å². The predicted octanol–water partition coefficient (Wildman–Crippen LogP) is 2.59. The highest BCUT2D eigenvalue weighted by Crippen LogP contribution is 2.50. The molecule has 2 nitrogen and oxygen atoms in total. The zero-order valence-electron chi connectivity index (χ0n) is 6.16. The maximum absolute atomic E-state index is 10.5. The van der Waals surface area contributed by atoms with Crippen molar-refractivity contribution in [3.8, 4) is 0 Å². The predicted molar refractivity (Wildman–Crippen MR) is 47.8 cm³/mol. The number of rotatable bonds is 2. The fourth-order valence-corrected chi connectivity index (χ4v) is 2.55. The van der Waals surface area contributed by atoms with Crippen LogP contribution in [0.4, 0.5) is 0 Å². The molecule has 0 unspecified atom stereocenters. The molecule has 0 aromatic carbocycles. The highest BCUT2D eigenvalue weighted by atomic mass is 35.5. The molecule has 1 aromatic rings. The van der Waals surface area contributed by atoms with E-state index in [1.807, 2.05) is 12.1 Å². The number of carboxylic acid groups (broad SMARTS) is 1. The Morgan fingerprint density at radius 3 is 2.83 bits per heavy atom. The number of carboxylic acids is 1. The summed E-state index contributed by atoms with van der Waals surface area (Å²) in [6, 6.07) is 3.74. The molecule has 12 heavy (non-hydrogen) atoms. The van der Waals surface area contributed by atoms with Gasteiger partial charge in [-0.3, -0.25) is 4.79 Å². The lowest BCUT2D eigenvalue weighted by Gasteiger charge is -1.89. The zero-order chi connectivity index (χ0) is 8.72. The lowest BCUT2D eigenvalue weighted by molar-refractivity contribution is -0.138. The summed E-state index contributed by atoms with van der Waals surface area (Å²) in [6.07, 6.45) is 0.770. The molecule has 0 radical (unpaired) electrons. The second kappa shape index (κ2) is 2.75. The number of hydrogen-bond acceptors (Lipinski definition) is 2. The summed E-state index contributed by atoms with van der Waals surface area (Å²) in [7, 11) is 0. The Morgan fingerprint density at radius 1 is 1.67 bits per heavy atom. The van der Waals surface area contributed by atoms with E-state index in [2.05, 4.69) is 0 Å². The third kappa shape index (κ3) is 1.34. The van der Waals surface area contributed by atoms with Crippen LogP contribution in [0.5, 0.6) is 0 Å². The van der Waals surface area contributed by atoms with E-state index in [4.69, 9.17) is 16.7 Å². The Bertz CT molecular complexity index is 321. The molecule has 1 fully saturated rings. The summed E-state index contributed by atoms with van der Waals surface area (Å²) in [6.45, 7) is 0. The average molecular weight is 203 g/mol. The van der Waals surface area contributed by atoms with Crippen LogP contribution in [0, 0.1) is 5.92 Å². The van der Waals surface area contributed by atoms with Gasteiger partial charge in [0.25, 0.3) is 0 Å². The first-order valence-electron chi connectivity index (χ1n) is 3.66. The van der Waals surface area contributed by atoms with Crippen LogP contribution in [0.2, 0.25) is 4.34 Å². The van der Waals surface area contributed by atoms with Crippen LogP contribution in [0.1, 0.15) is 17.2 Å². The van der Waals surface area contributed by atoms with Crippen LogP contribution < -0.4 is 0 Å². The van der Waals surface area contributed by atoms with Gasteiger partial charge in [0.1, 0.15) is 0 Å². The molecule has 1 aliphatic carbocycles. The van der Waals surface area contributed by atoms with E-state index in [0.29, 0.717) is 0 Å². The molecular formula is C8H7ClO2S. The quantitative estimate of drug-likeness (QED) is 0.801. The van der Waals surface area contributed by atoms with Crippen molar-refractivity contribution >= 4 is 28.9 Å². The van der Waals surface area contributed by atoms with Crippen molar-refractivity contribution in [1.82, 2.24) is 0 Å². The van der Waals surface area contributed by atoms with Gasteiger partial charge >= 0.3 is 5.97 Å². The van der Waals surface area contributed by atoms with Gasteiger partial charge in [0, 0.05) is 10.8 Å². The molecule has 1 heterocycles. The van der Waals surface area contributed by atoms with Crippen molar-refractivity contribution in [1.29, 1.82) is 0 Å². The van der Waals surface area contributed by atoms with E-state index in [1.165, 1.54) is 11.3 Å². The summed E-state index contributed by atoms with van der Waals surface area (Å²) < 4.78 is 0.737. The summed E-state index contributed by atoms with van der Waals surface area (Å²) in [4.78, 5) is 11.6. The first-order chi connectivity index (χ1) is 5.68. The lowest BCUT2D eigenvalue weighted by Crippen LogP contribution is -1.97. The molecule has 64 valence electrons. The summed E-state index contributed by atoms with van der Waals surface area (Å²) >= 11 is 7.21. The van der Waals surface area contributed by atoms with Crippen LogP contribution in [0.3, 0.4) is 0 Å². The van der Waals surface area contributed by atoms with Crippen molar-refractivity contribution in [2.24, 2.45) is 5.92 Å². The van der Waals surface area contributed by atoms with Crippen molar-refractivity contribution in [3.63, 3.8) is 0 Å². The van der Waals surface area contributed by atoms with E-state index >= 15 is 0 Å². The molecule has 4 heteroatoms.